The quantitative estimate of drug-likeness (QED) is 0.351. The maximum Gasteiger partial charge on any atom is 0.196 e. The number of carbonyl (C=O) groups is 2. The molecule has 0 aliphatic heterocycles. The maximum absolute atomic E-state index is 13.1. The molecule has 0 atom stereocenters. The molecule has 4 rings (SSSR count). The second kappa shape index (κ2) is 7.63. The molecule has 28 heavy (non-hydrogen) atoms. The average molecular weight is 392 g/mol. The number of hydrogen-bond donors (Lipinski definition) is 0. The lowest BCUT2D eigenvalue weighted by Crippen LogP contribution is -2.27. The third-order valence-corrected chi connectivity index (χ3v) is 6.00. The first-order valence-electron chi connectivity index (χ1n) is 9.33. The largest absolute Gasteiger partial charge is 0.289 e. The van der Waals surface area contributed by atoms with Gasteiger partial charge in [0.05, 0.1) is 5.70 Å². The molecule has 0 bridgehead atoms. The van der Waals surface area contributed by atoms with Crippen LogP contribution >= 0.6 is 11.6 Å². The molecule has 6 heteroatoms. The second-order valence-electron chi connectivity index (χ2n) is 7.26. The molecule has 1 saturated carbocycles. The first-order chi connectivity index (χ1) is 13.6. The van der Waals surface area contributed by atoms with Crippen LogP contribution in [-0.4, -0.2) is 11.6 Å². The number of benzene rings is 2. The molecule has 0 spiro atoms. The molecule has 2 aliphatic rings. The molecule has 2 aliphatic carbocycles. The van der Waals surface area contributed by atoms with Crippen LogP contribution < -0.4 is 0 Å². The third-order valence-electron chi connectivity index (χ3n) is 5.75. The first-order valence-corrected chi connectivity index (χ1v) is 9.71. The molecule has 0 heterocycles. The van der Waals surface area contributed by atoms with Gasteiger partial charge < -0.3 is 0 Å². The summed E-state index contributed by atoms with van der Waals surface area (Å²) < 4.78 is 0. The molecular formula is C22H18ClN3O2. The number of nitrogens with zero attached hydrogens (tertiary/aromatic N) is 3. The lowest BCUT2D eigenvalue weighted by molar-refractivity contribution is 0.0959. The van der Waals surface area contributed by atoms with E-state index in [-0.39, 0.29) is 23.2 Å². The molecular weight excluding hydrogens is 374 g/mol. The summed E-state index contributed by atoms with van der Waals surface area (Å²) in [5.41, 5.74) is 11.3. The minimum Gasteiger partial charge on any atom is -0.289 e. The highest BCUT2D eigenvalue weighted by atomic mass is 35.5. The van der Waals surface area contributed by atoms with Crippen LogP contribution in [-0.2, 0) is 0 Å². The van der Waals surface area contributed by atoms with Gasteiger partial charge in [-0.2, -0.15) is 0 Å². The summed E-state index contributed by atoms with van der Waals surface area (Å²) in [6.07, 6.45) is 3.35. The van der Waals surface area contributed by atoms with E-state index in [4.69, 9.17) is 17.1 Å². The molecule has 0 aromatic heterocycles. The Hall–Kier alpha value is -2.88. The van der Waals surface area contributed by atoms with Crippen molar-refractivity contribution in [1.82, 2.24) is 0 Å². The van der Waals surface area contributed by atoms with Crippen molar-refractivity contribution in [2.45, 2.75) is 31.6 Å². The summed E-state index contributed by atoms with van der Waals surface area (Å²) >= 11 is 5.98. The van der Waals surface area contributed by atoms with Gasteiger partial charge in [0, 0.05) is 26.6 Å². The van der Waals surface area contributed by atoms with Crippen molar-refractivity contribution in [3.8, 4) is 0 Å². The van der Waals surface area contributed by atoms with Gasteiger partial charge in [0.25, 0.3) is 0 Å². The highest BCUT2D eigenvalue weighted by molar-refractivity contribution is 6.30. The van der Waals surface area contributed by atoms with Crippen LogP contribution in [0.4, 0.5) is 0 Å². The van der Waals surface area contributed by atoms with Crippen molar-refractivity contribution in [2.24, 2.45) is 11.0 Å². The number of Topliss-reactive ketones (excluding diaryl/α,β-unsaturated/α-hetero) is 2. The fourth-order valence-electron chi connectivity index (χ4n) is 4.35. The Labute approximate surface area is 167 Å². The van der Waals surface area contributed by atoms with E-state index in [2.05, 4.69) is 10.0 Å². The zero-order chi connectivity index (χ0) is 19.7. The lowest BCUT2D eigenvalue weighted by Gasteiger charge is -2.32. The van der Waals surface area contributed by atoms with E-state index in [0.29, 0.717) is 27.6 Å². The average Bonchev–Trinajstić information content (AvgIpc) is 2.73. The predicted molar refractivity (Wildman–Crippen MR) is 107 cm³/mol. The maximum atomic E-state index is 13.1. The number of ketones is 2. The Morgan fingerprint density at radius 3 is 2.04 bits per heavy atom. The fraction of sp³-hybridized carbons (Fsp3) is 0.273. The van der Waals surface area contributed by atoms with E-state index < -0.39 is 0 Å². The summed E-state index contributed by atoms with van der Waals surface area (Å²) in [5, 5.41) is 4.35. The van der Waals surface area contributed by atoms with E-state index in [1.807, 2.05) is 24.3 Å². The van der Waals surface area contributed by atoms with Gasteiger partial charge in [0.1, 0.15) is 0 Å². The Morgan fingerprint density at radius 1 is 0.857 bits per heavy atom. The van der Waals surface area contributed by atoms with Crippen molar-refractivity contribution in [3.05, 3.63) is 92.0 Å². The summed E-state index contributed by atoms with van der Waals surface area (Å²) in [6.45, 7) is 0. The molecule has 2 aromatic carbocycles. The standard InChI is InChI=1S/C22H18ClN3O2/c23-16-11-9-14(10-12-16)13-5-7-15(8-6-13)19-20(25-26-24)22(28)18-4-2-1-3-17(18)21(19)27/h1-4,9-13,15H,5-8H2. The number of hydrogen-bond acceptors (Lipinski definition) is 3. The van der Waals surface area contributed by atoms with Gasteiger partial charge in [-0.3, -0.25) is 9.59 Å². The van der Waals surface area contributed by atoms with Crippen LogP contribution in [0.3, 0.4) is 0 Å². The van der Waals surface area contributed by atoms with Gasteiger partial charge in [-0.15, -0.1) is 0 Å². The number of halogens is 1. The minimum atomic E-state index is -0.358. The van der Waals surface area contributed by atoms with Crippen molar-refractivity contribution < 1.29 is 9.59 Å². The Bertz CT molecular complexity index is 1030. The lowest BCUT2D eigenvalue weighted by atomic mass is 9.72. The number of azide groups is 1. The SMILES string of the molecule is [N-]=[N+]=NC1=C(C2CCC(c3ccc(Cl)cc3)CC2)C(=O)c2ccccc2C1=O. The molecule has 0 saturated heterocycles. The molecule has 0 amide bonds. The van der Waals surface area contributed by atoms with Gasteiger partial charge in [0.2, 0.25) is 0 Å². The van der Waals surface area contributed by atoms with Gasteiger partial charge in [-0.25, -0.2) is 0 Å². The Kier molecular flexibility index (Phi) is 5.03. The summed E-state index contributed by atoms with van der Waals surface area (Å²) in [4.78, 5) is 28.8. The summed E-state index contributed by atoms with van der Waals surface area (Å²) in [7, 11) is 0. The first kappa shape index (κ1) is 18.5. The molecule has 2 aromatic rings. The molecule has 5 nitrogen and oxygen atoms in total. The topological polar surface area (TPSA) is 82.9 Å². The monoisotopic (exact) mass is 391 g/mol. The van der Waals surface area contributed by atoms with Crippen LogP contribution in [0, 0.1) is 5.92 Å². The molecule has 0 unspecified atom stereocenters. The normalized spacial score (nSPS) is 21.9. The van der Waals surface area contributed by atoms with E-state index in [0.717, 1.165) is 25.7 Å². The van der Waals surface area contributed by atoms with Gasteiger partial charge >= 0.3 is 0 Å². The van der Waals surface area contributed by atoms with Crippen molar-refractivity contribution in [3.63, 3.8) is 0 Å². The zero-order valence-corrected chi connectivity index (χ0v) is 15.9. The van der Waals surface area contributed by atoms with E-state index in [1.165, 1.54) is 5.56 Å². The number of fused-ring (bicyclic) bond motifs is 1. The highest BCUT2D eigenvalue weighted by Crippen LogP contribution is 2.42. The minimum absolute atomic E-state index is 0.0267. The Balaban J connectivity index is 1.63. The number of rotatable bonds is 3. The second-order valence-corrected chi connectivity index (χ2v) is 7.69. The van der Waals surface area contributed by atoms with E-state index in [9.17, 15) is 9.59 Å². The smallest absolute Gasteiger partial charge is 0.196 e. The third kappa shape index (κ3) is 3.24. The molecule has 0 N–H and O–H groups in total. The number of allylic oxidation sites excluding steroid dienone is 2. The molecule has 1 fully saturated rings. The van der Waals surface area contributed by atoms with Crippen LogP contribution in [0.15, 0.2) is 64.9 Å². The van der Waals surface area contributed by atoms with Crippen LogP contribution in [0.25, 0.3) is 10.4 Å². The molecule has 140 valence electrons. The molecule has 0 radical (unpaired) electrons. The van der Waals surface area contributed by atoms with E-state index >= 15 is 0 Å². The highest BCUT2D eigenvalue weighted by Gasteiger charge is 2.37. The number of carbonyl (C=O) groups excluding carboxylic acids is 2. The van der Waals surface area contributed by atoms with Crippen molar-refractivity contribution in [2.75, 3.05) is 0 Å². The van der Waals surface area contributed by atoms with Crippen LogP contribution in [0.5, 0.6) is 0 Å². The van der Waals surface area contributed by atoms with Crippen LogP contribution in [0.1, 0.15) is 57.9 Å². The van der Waals surface area contributed by atoms with Crippen LogP contribution in [0.2, 0.25) is 5.02 Å². The van der Waals surface area contributed by atoms with Gasteiger partial charge in [0.15, 0.2) is 11.6 Å². The predicted octanol–water partition coefficient (Wildman–Crippen LogP) is 6.26. The summed E-state index contributed by atoms with van der Waals surface area (Å²) in [5.74, 6) is -0.220. The van der Waals surface area contributed by atoms with Gasteiger partial charge in [-0.05, 0) is 60.7 Å². The van der Waals surface area contributed by atoms with Gasteiger partial charge in [-0.1, -0.05) is 53.1 Å². The summed E-state index contributed by atoms with van der Waals surface area (Å²) in [6, 6.07) is 14.6. The van der Waals surface area contributed by atoms with Crippen molar-refractivity contribution >= 4 is 23.2 Å². The van der Waals surface area contributed by atoms with E-state index in [1.54, 1.807) is 24.3 Å². The van der Waals surface area contributed by atoms with Crippen molar-refractivity contribution in [1.29, 1.82) is 0 Å². The fourth-order valence-corrected chi connectivity index (χ4v) is 4.48. The zero-order valence-electron chi connectivity index (χ0n) is 15.1. The Morgan fingerprint density at radius 2 is 1.43 bits per heavy atom.